The minimum Gasteiger partial charge on any atom is -0.462 e. The van der Waals surface area contributed by atoms with Crippen LogP contribution in [-0.4, -0.2) is 36.4 Å². The number of carbonyl (C=O) groups is 2. The first-order chi connectivity index (χ1) is 25.1. The van der Waals surface area contributed by atoms with Crippen LogP contribution in [0, 0.1) is 0 Å². The second-order valence-corrected chi connectivity index (χ2v) is 14.8. The maximum Gasteiger partial charge on any atom is 0.306 e. The standard InChI is InChI=1S/C46H84O5/c1-3-5-7-9-11-13-15-17-19-20-21-22-23-24-25-27-29-31-33-35-37-39-41-46(49)51-44(42-47)43-50-45(48)40-38-36-34-32-30-28-26-18-16-14-12-10-8-6-4-2/h6,8,12,14,18,26,44,47H,3-5,7,9-11,13,15-17,19-25,27-43H2,1-2H3/b8-6+,14-12+,26-18+/t44-/m0/s1. The first-order valence-electron chi connectivity index (χ1n) is 22.0. The number of carbonyl (C=O) groups excluding carboxylic acids is 2. The van der Waals surface area contributed by atoms with Gasteiger partial charge in [0.25, 0.3) is 0 Å². The normalized spacial score (nSPS) is 12.5. The molecule has 0 aromatic heterocycles. The lowest BCUT2D eigenvalue weighted by Gasteiger charge is -2.15. The number of hydrogen-bond acceptors (Lipinski definition) is 5. The summed E-state index contributed by atoms with van der Waals surface area (Å²) in [6, 6.07) is 0. The van der Waals surface area contributed by atoms with Gasteiger partial charge in [-0.2, -0.15) is 0 Å². The van der Waals surface area contributed by atoms with E-state index < -0.39 is 6.10 Å². The lowest BCUT2D eigenvalue weighted by Crippen LogP contribution is -2.28. The molecule has 0 aromatic carbocycles. The number of esters is 2. The fourth-order valence-electron chi connectivity index (χ4n) is 6.39. The van der Waals surface area contributed by atoms with E-state index in [1.165, 1.54) is 135 Å². The van der Waals surface area contributed by atoms with Gasteiger partial charge in [-0.1, -0.05) is 204 Å². The molecule has 0 saturated carbocycles. The van der Waals surface area contributed by atoms with Crippen LogP contribution in [0.4, 0.5) is 0 Å². The summed E-state index contributed by atoms with van der Waals surface area (Å²) >= 11 is 0. The molecule has 0 rings (SSSR count). The molecule has 0 unspecified atom stereocenters. The molecule has 1 atom stereocenters. The molecule has 5 nitrogen and oxygen atoms in total. The fourth-order valence-corrected chi connectivity index (χ4v) is 6.39. The summed E-state index contributed by atoms with van der Waals surface area (Å²) in [7, 11) is 0. The third-order valence-electron chi connectivity index (χ3n) is 9.70. The van der Waals surface area contributed by atoms with Crippen molar-refractivity contribution in [3.05, 3.63) is 36.5 Å². The van der Waals surface area contributed by atoms with E-state index in [9.17, 15) is 14.7 Å². The number of rotatable bonds is 40. The largest absolute Gasteiger partial charge is 0.462 e. The molecule has 0 amide bonds. The van der Waals surface area contributed by atoms with Crippen LogP contribution >= 0.6 is 0 Å². The zero-order chi connectivity index (χ0) is 37.1. The third-order valence-corrected chi connectivity index (χ3v) is 9.70. The van der Waals surface area contributed by atoms with Crippen molar-refractivity contribution in [1.82, 2.24) is 0 Å². The molecule has 0 saturated heterocycles. The summed E-state index contributed by atoms with van der Waals surface area (Å²) in [6.45, 7) is 4.03. The number of allylic oxidation sites excluding steroid dienone is 6. The van der Waals surface area contributed by atoms with Crippen molar-refractivity contribution in [2.45, 2.75) is 232 Å². The first kappa shape index (κ1) is 49.1. The van der Waals surface area contributed by atoms with E-state index in [1.807, 2.05) is 0 Å². The quantitative estimate of drug-likeness (QED) is 0.0388. The molecule has 1 N–H and O–H groups in total. The van der Waals surface area contributed by atoms with E-state index >= 15 is 0 Å². The van der Waals surface area contributed by atoms with Crippen LogP contribution in [0.1, 0.15) is 226 Å². The van der Waals surface area contributed by atoms with E-state index in [1.54, 1.807) is 0 Å². The minimum atomic E-state index is -0.775. The molecule has 0 heterocycles. The molecule has 0 aliphatic carbocycles. The molecule has 0 radical (unpaired) electrons. The highest BCUT2D eigenvalue weighted by atomic mass is 16.6. The van der Waals surface area contributed by atoms with Gasteiger partial charge in [-0.25, -0.2) is 0 Å². The Balaban J connectivity index is 3.50. The van der Waals surface area contributed by atoms with Gasteiger partial charge in [0.2, 0.25) is 0 Å². The van der Waals surface area contributed by atoms with Gasteiger partial charge in [0.05, 0.1) is 6.61 Å². The average molecular weight is 717 g/mol. The van der Waals surface area contributed by atoms with E-state index in [0.717, 1.165) is 64.2 Å². The monoisotopic (exact) mass is 717 g/mol. The zero-order valence-corrected chi connectivity index (χ0v) is 33.9. The number of aliphatic hydroxyl groups excluding tert-OH is 1. The summed E-state index contributed by atoms with van der Waals surface area (Å²) in [6.07, 6.45) is 52.2. The average Bonchev–Trinajstić information content (AvgIpc) is 3.13. The van der Waals surface area contributed by atoms with Crippen LogP contribution in [0.25, 0.3) is 0 Å². The number of hydrogen-bond donors (Lipinski definition) is 1. The topological polar surface area (TPSA) is 72.8 Å². The van der Waals surface area contributed by atoms with E-state index in [4.69, 9.17) is 9.47 Å². The van der Waals surface area contributed by atoms with Gasteiger partial charge in [-0.05, 0) is 44.9 Å². The van der Waals surface area contributed by atoms with Gasteiger partial charge < -0.3 is 14.6 Å². The van der Waals surface area contributed by atoms with Crippen molar-refractivity contribution < 1.29 is 24.2 Å². The zero-order valence-electron chi connectivity index (χ0n) is 33.9. The highest BCUT2D eigenvalue weighted by Crippen LogP contribution is 2.16. The Morgan fingerprint density at radius 3 is 1.27 bits per heavy atom. The number of unbranched alkanes of at least 4 members (excludes halogenated alkanes) is 26. The van der Waals surface area contributed by atoms with Gasteiger partial charge >= 0.3 is 11.9 Å². The fraction of sp³-hybridized carbons (Fsp3) is 0.826. The van der Waals surface area contributed by atoms with Gasteiger partial charge in [0.1, 0.15) is 6.61 Å². The van der Waals surface area contributed by atoms with Gasteiger partial charge in [-0.3, -0.25) is 9.59 Å². The third kappa shape index (κ3) is 40.7. The van der Waals surface area contributed by atoms with Crippen molar-refractivity contribution in [2.24, 2.45) is 0 Å². The highest BCUT2D eigenvalue weighted by Gasteiger charge is 2.16. The Bertz CT molecular complexity index is 816. The molecule has 0 aliphatic heterocycles. The van der Waals surface area contributed by atoms with Crippen LogP contribution in [0.2, 0.25) is 0 Å². The molecule has 0 spiro atoms. The highest BCUT2D eigenvalue weighted by molar-refractivity contribution is 5.70. The summed E-state index contributed by atoms with van der Waals surface area (Å²) in [4.78, 5) is 24.3. The predicted octanol–water partition coefficient (Wildman–Crippen LogP) is 14.0. The molecule has 0 fully saturated rings. The molecule has 51 heavy (non-hydrogen) atoms. The lowest BCUT2D eigenvalue weighted by molar-refractivity contribution is -0.161. The Morgan fingerprint density at radius 1 is 0.471 bits per heavy atom. The predicted molar refractivity (Wildman–Crippen MR) is 219 cm³/mol. The summed E-state index contributed by atoms with van der Waals surface area (Å²) in [5, 5.41) is 9.58. The van der Waals surface area contributed by atoms with Crippen molar-refractivity contribution in [2.75, 3.05) is 13.2 Å². The van der Waals surface area contributed by atoms with Crippen molar-refractivity contribution in [1.29, 1.82) is 0 Å². The molecule has 5 heteroatoms. The smallest absolute Gasteiger partial charge is 0.306 e. The molecule has 298 valence electrons. The Kier molecular flexibility index (Phi) is 41.0. The molecule has 0 aromatic rings. The number of ether oxygens (including phenoxy) is 2. The van der Waals surface area contributed by atoms with E-state index in [2.05, 4.69) is 50.3 Å². The Labute approximate surface area is 316 Å². The number of aliphatic hydroxyl groups is 1. The summed E-state index contributed by atoms with van der Waals surface area (Å²) in [5.74, 6) is -0.602. The maximum atomic E-state index is 12.2. The Morgan fingerprint density at radius 2 is 0.843 bits per heavy atom. The van der Waals surface area contributed by atoms with E-state index in [-0.39, 0.29) is 25.2 Å². The minimum absolute atomic E-state index is 0.0720. The lowest BCUT2D eigenvalue weighted by atomic mass is 10.0. The van der Waals surface area contributed by atoms with Crippen molar-refractivity contribution in [3.63, 3.8) is 0 Å². The van der Waals surface area contributed by atoms with Crippen molar-refractivity contribution in [3.8, 4) is 0 Å². The van der Waals surface area contributed by atoms with Crippen molar-refractivity contribution >= 4 is 11.9 Å². The van der Waals surface area contributed by atoms with Crippen LogP contribution in [0.5, 0.6) is 0 Å². The van der Waals surface area contributed by atoms with Gasteiger partial charge in [0, 0.05) is 12.8 Å². The van der Waals surface area contributed by atoms with Gasteiger partial charge in [-0.15, -0.1) is 0 Å². The summed E-state index contributed by atoms with van der Waals surface area (Å²) in [5.41, 5.74) is 0. The molecular weight excluding hydrogens is 633 g/mol. The van der Waals surface area contributed by atoms with Gasteiger partial charge in [0.15, 0.2) is 6.10 Å². The molecule has 0 bridgehead atoms. The van der Waals surface area contributed by atoms with Crippen LogP contribution in [-0.2, 0) is 19.1 Å². The van der Waals surface area contributed by atoms with Crippen LogP contribution < -0.4 is 0 Å². The van der Waals surface area contributed by atoms with E-state index in [0.29, 0.717) is 12.8 Å². The second-order valence-electron chi connectivity index (χ2n) is 14.8. The second kappa shape index (κ2) is 42.5. The molecule has 0 aliphatic rings. The summed E-state index contributed by atoms with van der Waals surface area (Å²) < 4.78 is 10.6. The Hall–Kier alpha value is -1.88. The SMILES string of the molecule is CC/C=C/C/C=C/C/C=C/CCCCCCCC(=O)OC[C@H](CO)OC(=O)CCCCCCCCCCCCCCCCCCCCCCCC. The van der Waals surface area contributed by atoms with Crippen LogP contribution in [0.3, 0.4) is 0 Å². The van der Waals surface area contributed by atoms with Crippen LogP contribution in [0.15, 0.2) is 36.5 Å². The maximum absolute atomic E-state index is 12.2. The first-order valence-corrected chi connectivity index (χ1v) is 22.0. The molecular formula is C46H84O5.